The number of benzene rings is 2. The molecule has 0 aromatic heterocycles. The van der Waals surface area contributed by atoms with Gasteiger partial charge in [0.1, 0.15) is 5.82 Å². The first-order valence-electron chi connectivity index (χ1n) is 7.54. The van der Waals surface area contributed by atoms with Crippen LogP contribution in [0.2, 0.25) is 0 Å². The van der Waals surface area contributed by atoms with Gasteiger partial charge in [-0.05, 0) is 29.7 Å². The molecule has 122 valence electrons. The zero-order chi connectivity index (χ0) is 16.8. The third kappa shape index (κ3) is 4.79. The molecule has 3 N–H and O–H groups in total. The largest absolute Gasteiger partial charge is 0.386 e. The molecule has 1 atom stereocenters. The van der Waals surface area contributed by atoms with Crippen molar-refractivity contribution < 1.29 is 14.3 Å². The van der Waals surface area contributed by atoms with Crippen LogP contribution in [-0.4, -0.2) is 17.7 Å². The number of aliphatic hydroxyl groups is 1. The maximum Gasteiger partial charge on any atom is 0.319 e. The number of hydrogen-bond acceptors (Lipinski definition) is 2. The van der Waals surface area contributed by atoms with Crippen LogP contribution in [0.5, 0.6) is 0 Å². The summed E-state index contributed by atoms with van der Waals surface area (Å²) < 4.78 is 13.5. The van der Waals surface area contributed by atoms with E-state index in [-0.39, 0.29) is 12.1 Å². The van der Waals surface area contributed by atoms with Crippen LogP contribution in [0, 0.1) is 5.82 Å². The predicted molar refractivity (Wildman–Crippen MR) is 88.9 cm³/mol. The van der Waals surface area contributed by atoms with Crippen molar-refractivity contribution >= 4 is 11.7 Å². The van der Waals surface area contributed by atoms with Gasteiger partial charge in [-0.1, -0.05) is 44.2 Å². The number of hydrogen-bond donors (Lipinski definition) is 3. The van der Waals surface area contributed by atoms with E-state index in [1.165, 1.54) is 17.7 Å². The molecule has 2 rings (SSSR count). The number of amides is 2. The fourth-order valence-corrected chi connectivity index (χ4v) is 2.17. The fraction of sp³-hybridized carbons (Fsp3) is 0.278. The molecular formula is C18H21FN2O2. The molecule has 0 saturated heterocycles. The molecule has 2 amide bonds. The average molecular weight is 316 g/mol. The third-order valence-corrected chi connectivity index (χ3v) is 3.56. The van der Waals surface area contributed by atoms with Crippen molar-refractivity contribution in [1.29, 1.82) is 0 Å². The fourth-order valence-electron chi connectivity index (χ4n) is 2.17. The summed E-state index contributed by atoms with van der Waals surface area (Å²) in [5, 5.41) is 15.1. The molecule has 23 heavy (non-hydrogen) atoms. The van der Waals surface area contributed by atoms with E-state index < -0.39 is 18.0 Å². The summed E-state index contributed by atoms with van der Waals surface area (Å²) >= 11 is 0. The molecule has 0 aliphatic carbocycles. The molecule has 0 fully saturated rings. The molecule has 0 bridgehead atoms. The van der Waals surface area contributed by atoms with E-state index in [2.05, 4.69) is 24.5 Å². The Bertz CT molecular complexity index is 656. The minimum Gasteiger partial charge on any atom is -0.386 e. The zero-order valence-electron chi connectivity index (χ0n) is 13.2. The van der Waals surface area contributed by atoms with Crippen molar-refractivity contribution in [3.63, 3.8) is 0 Å². The van der Waals surface area contributed by atoms with Gasteiger partial charge in [0.15, 0.2) is 0 Å². The summed E-state index contributed by atoms with van der Waals surface area (Å²) in [6.07, 6.45) is -1.09. The van der Waals surface area contributed by atoms with Crippen LogP contribution in [0.25, 0.3) is 0 Å². The number of nitrogens with one attached hydrogen (secondary N) is 2. The highest BCUT2D eigenvalue weighted by Crippen LogP contribution is 2.17. The van der Waals surface area contributed by atoms with Crippen LogP contribution in [0.15, 0.2) is 48.5 Å². The van der Waals surface area contributed by atoms with Gasteiger partial charge < -0.3 is 15.7 Å². The molecule has 0 spiro atoms. The van der Waals surface area contributed by atoms with E-state index in [1.54, 1.807) is 12.1 Å². The number of aliphatic hydroxyl groups excluding tert-OH is 1. The number of carbonyl (C=O) groups is 1. The molecule has 0 aliphatic heterocycles. The van der Waals surface area contributed by atoms with Gasteiger partial charge in [-0.25, -0.2) is 9.18 Å². The molecule has 2 aromatic carbocycles. The summed E-state index contributed by atoms with van der Waals surface area (Å²) in [6, 6.07) is 13.1. The van der Waals surface area contributed by atoms with E-state index in [0.29, 0.717) is 11.6 Å². The summed E-state index contributed by atoms with van der Waals surface area (Å²) in [6.45, 7) is 4.12. The molecule has 0 unspecified atom stereocenters. The molecule has 0 saturated carbocycles. The minimum atomic E-state index is -1.09. The second-order valence-electron chi connectivity index (χ2n) is 5.65. The first kappa shape index (κ1) is 17.0. The zero-order valence-corrected chi connectivity index (χ0v) is 13.2. The topological polar surface area (TPSA) is 61.4 Å². The lowest BCUT2D eigenvalue weighted by Crippen LogP contribution is -2.32. The number of halogens is 1. The van der Waals surface area contributed by atoms with Crippen LogP contribution in [0.4, 0.5) is 14.9 Å². The number of carbonyl (C=O) groups excluding carboxylic acids is 1. The van der Waals surface area contributed by atoms with Crippen LogP contribution in [-0.2, 0) is 0 Å². The third-order valence-electron chi connectivity index (χ3n) is 3.56. The quantitative estimate of drug-likeness (QED) is 0.785. The Morgan fingerprint density at radius 3 is 2.39 bits per heavy atom. The Labute approximate surface area is 135 Å². The lowest BCUT2D eigenvalue weighted by molar-refractivity contribution is 0.170. The molecule has 2 aromatic rings. The first-order valence-corrected chi connectivity index (χ1v) is 7.54. The molecule has 4 nitrogen and oxygen atoms in total. The molecule has 5 heteroatoms. The van der Waals surface area contributed by atoms with Crippen molar-refractivity contribution in [3.05, 3.63) is 65.5 Å². The maximum atomic E-state index is 13.5. The van der Waals surface area contributed by atoms with Gasteiger partial charge in [0.2, 0.25) is 0 Å². The lowest BCUT2D eigenvalue weighted by atomic mass is 10.0. The molecule has 0 aliphatic rings. The van der Waals surface area contributed by atoms with E-state index in [1.807, 2.05) is 24.3 Å². The second kappa shape index (κ2) is 7.74. The SMILES string of the molecule is CC(C)c1ccc(NC(=O)NC[C@H](O)c2ccccc2F)cc1. The van der Waals surface area contributed by atoms with E-state index in [4.69, 9.17) is 0 Å². The summed E-state index contributed by atoms with van der Waals surface area (Å²) in [5.74, 6) is -0.0692. The van der Waals surface area contributed by atoms with Crippen molar-refractivity contribution in [1.82, 2.24) is 5.32 Å². The van der Waals surface area contributed by atoms with Gasteiger partial charge in [0.05, 0.1) is 6.10 Å². The Kier molecular flexibility index (Phi) is 5.71. The van der Waals surface area contributed by atoms with Crippen LogP contribution in [0.3, 0.4) is 0 Å². The lowest BCUT2D eigenvalue weighted by Gasteiger charge is -2.14. The normalized spacial score (nSPS) is 12.0. The van der Waals surface area contributed by atoms with Crippen molar-refractivity contribution in [2.45, 2.75) is 25.9 Å². The Morgan fingerprint density at radius 1 is 1.13 bits per heavy atom. The van der Waals surface area contributed by atoms with E-state index in [0.717, 1.165) is 0 Å². The van der Waals surface area contributed by atoms with Crippen LogP contribution in [0.1, 0.15) is 37.0 Å². The standard InChI is InChI=1S/C18H21FN2O2/c1-12(2)13-7-9-14(10-8-13)21-18(23)20-11-17(22)15-5-3-4-6-16(15)19/h3-10,12,17,22H,11H2,1-2H3,(H2,20,21,23)/t17-/m0/s1. The van der Waals surface area contributed by atoms with Crippen LogP contribution >= 0.6 is 0 Å². The van der Waals surface area contributed by atoms with Gasteiger partial charge in [-0.2, -0.15) is 0 Å². The number of anilines is 1. The number of urea groups is 1. The van der Waals surface area contributed by atoms with Gasteiger partial charge in [0, 0.05) is 17.8 Å². The van der Waals surface area contributed by atoms with Gasteiger partial charge in [-0.3, -0.25) is 0 Å². The highest BCUT2D eigenvalue weighted by Gasteiger charge is 2.13. The smallest absolute Gasteiger partial charge is 0.319 e. The second-order valence-corrected chi connectivity index (χ2v) is 5.65. The Hall–Kier alpha value is -2.40. The van der Waals surface area contributed by atoms with Gasteiger partial charge in [-0.15, -0.1) is 0 Å². The van der Waals surface area contributed by atoms with Crippen LogP contribution < -0.4 is 10.6 Å². The first-order chi connectivity index (χ1) is 11.0. The van der Waals surface area contributed by atoms with E-state index in [9.17, 15) is 14.3 Å². The van der Waals surface area contributed by atoms with Crippen molar-refractivity contribution in [2.24, 2.45) is 0 Å². The summed E-state index contributed by atoms with van der Waals surface area (Å²) in [5.41, 5.74) is 2.01. The highest BCUT2D eigenvalue weighted by molar-refractivity contribution is 5.89. The highest BCUT2D eigenvalue weighted by atomic mass is 19.1. The average Bonchev–Trinajstić information content (AvgIpc) is 2.53. The Morgan fingerprint density at radius 2 is 1.78 bits per heavy atom. The van der Waals surface area contributed by atoms with Crippen molar-refractivity contribution in [2.75, 3.05) is 11.9 Å². The molecule has 0 heterocycles. The predicted octanol–water partition coefficient (Wildman–Crippen LogP) is 3.80. The summed E-state index contributed by atoms with van der Waals surface area (Å²) in [7, 11) is 0. The maximum absolute atomic E-state index is 13.5. The van der Waals surface area contributed by atoms with Gasteiger partial charge >= 0.3 is 6.03 Å². The van der Waals surface area contributed by atoms with Crippen molar-refractivity contribution in [3.8, 4) is 0 Å². The van der Waals surface area contributed by atoms with Gasteiger partial charge in [0.25, 0.3) is 0 Å². The molecular weight excluding hydrogens is 295 g/mol. The number of rotatable bonds is 5. The molecule has 0 radical (unpaired) electrons. The Balaban J connectivity index is 1.86. The minimum absolute atomic E-state index is 0.0726. The monoisotopic (exact) mass is 316 g/mol. The summed E-state index contributed by atoms with van der Waals surface area (Å²) in [4.78, 5) is 11.8. The van der Waals surface area contributed by atoms with E-state index >= 15 is 0 Å².